The molecule has 0 aliphatic heterocycles. The van der Waals surface area contributed by atoms with Crippen molar-refractivity contribution < 1.29 is 9.90 Å². The standard InChI is InChI=1S/C7H6N4O4/c12-4(13)2-11-5-3(1-8-10-5)6(14)9-7(11)15/h1H,2H2,(H,8,10)(H,12,13)(H,9,14,15). The smallest absolute Gasteiger partial charge is 0.330 e. The van der Waals surface area contributed by atoms with Gasteiger partial charge in [0.2, 0.25) is 0 Å². The van der Waals surface area contributed by atoms with Crippen molar-refractivity contribution in [3.8, 4) is 0 Å². The maximum atomic E-state index is 11.3. The molecule has 0 spiro atoms. The van der Waals surface area contributed by atoms with Gasteiger partial charge in [-0.15, -0.1) is 0 Å². The molecule has 0 saturated carbocycles. The van der Waals surface area contributed by atoms with Crippen LogP contribution >= 0.6 is 0 Å². The number of hydrogen-bond acceptors (Lipinski definition) is 4. The molecule has 2 heterocycles. The molecule has 15 heavy (non-hydrogen) atoms. The molecule has 2 aromatic rings. The van der Waals surface area contributed by atoms with Crippen LogP contribution in [0.25, 0.3) is 11.0 Å². The van der Waals surface area contributed by atoms with E-state index in [2.05, 4.69) is 10.2 Å². The molecule has 78 valence electrons. The number of fused-ring (bicyclic) bond motifs is 1. The topological polar surface area (TPSA) is 121 Å². The molecule has 0 unspecified atom stereocenters. The average molecular weight is 210 g/mol. The first-order valence-corrected chi connectivity index (χ1v) is 3.97. The number of nitrogens with one attached hydrogen (secondary N) is 2. The van der Waals surface area contributed by atoms with E-state index < -0.39 is 23.8 Å². The summed E-state index contributed by atoms with van der Waals surface area (Å²) in [5.74, 6) is -1.18. The summed E-state index contributed by atoms with van der Waals surface area (Å²) < 4.78 is 0.895. The van der Waals surface area contributed by atoms with E-state index in [0.717, 1.165) is 4.57 Å². The highest BCUT2D eigenvalue weighted by Crippen LogP contribution is 2.00. The van der Waals surface area contributed by atoms with Crippen molar-refractivity contribution in [3.63, 3.8) is 0 Å². The van der Waals surface area contributed by atoms with Crippen LogP contribution in [-0.4, -0.2) is 30.8 Å². The van der Waals surface area contributed by atoms with Gasteiger partial charge in [-0.2, -0.15) is 5.10 Å². The van der Waals surface area contributed by atoms with Crippen molar-refractivity contribution in [1.29, 1.82) is 0 Å². The number of aromatic amines is 2. The highest BCUT2D eigenvalue weighted by Gasteiger charge is 2.11. The van der Waals surface area contributed by atoms with Crippen LogP contribution < -0.4 is 11.2 Å². The lowest BCUT2D eigenvalue weighted by atomic mass is 10.4. The molecule has 2 aromatic heterocycles. The summed E-state index contributed by atoms with van der Waals surface area (Å²) in [6, 6.07) is 0. The van der Waals surface area contributed by atoms with Crippen molar-refractivity contribution in [1.82, 2.24) is 19.7 Å². The molecule has 8 nitrogen and oxygen atoms in total. The fourth-order valence-corrected chi connectivity index (χ4v) is 1.27. The quantitative estimate of drug-likeness (QED) is 0.556. The van der Waals surface area contributed by atoms with Crippen molar-refractivity contribution in [2.75, 3.05) is 0 Å². The summed E-state index contributed by atoms with van der Waals surface area (Å²) >= 11 is 0. The Hall–Kier alpha value is -2.38. The van der Waals surface area contributed by atoms with Crippen LogP contribution in [0.1, 0.15) is 0 Å². The second kappa shape index (κ2) is 3.08. The minimum Gasteiger partial charge on any atom is -0.480 e. The fourth-order valence-electron chi connectivity index (χ4n) is 1.27. The first kappa shape index (κ1) is 9.19. The zero-order valence-corrected chi connectivity index (χ0v) is 7.35. The van der Waals surface area contributed by atoms with E-state index in [1.165, 1.54) is 6.20 Å². The SMILES string of the molecule is O=C(O)Cn1c(=O)[nH]c(=O)c2cn[nH]c21. The van der Waals surface area contributed by atoms with E-state index in [0.29, 0.717) is 0 Å². The maximum absolute atomic E-state index is 11.3. The summed E-state index contributed by atoms with van der Waals surface area (Å²) in [5, 5.41) is 14.7. The highest BCUT2D eigenvalue weighted by molar-refractivity contribution is 5.75. The predicted molar refractivity (Wildman–Crippen MR) is 48.6 cm³/mol. The zero-order valence-electron chi connectivity index (χ0n) is 7.35. The van der Waals surface area contributed by atoms with Gasteiger partial charge in [0, 0.05) is 0 Å². The van der Waals surface area contributed by atoms with E-state index in [1.807, 2.05) is 4.98 Å². The fraction of sp³-hybridized carbons (Fsp3) is 0.143. The third-order valence-corrected chi connectivity index (χ3v) is 1.89. The molecule has 0 aromatic carbocycles. The minimum atomic E-state index is -1.18. The van der Waals surface area contributed by atoms with Gasteiger partial charge in [-0.3, -0.25) is 24.2 Å². The lowest BCUT2D eigenvalue weighted by Crippen LogP contribution is -2.32. The molecular formula is C7H6N4O4. The molecule has 0 saturated heterocycles. The predicted octanol–water partition coefficient (Wildman–Crippen LogP) is -1.50. The van der Waals surface area contributed by atoms with E-state index >= 15 is 0 Å². The van der Waals surface area contributed by atoms with Gasteiger partial charge in [-0.1, -0.05) is 0 Å². The molecule has 0 aliphatic rings. The molecule has 0 amide bonds. The van der Waals surface area contributed by atoms with Crippen molar-refractivity contribution >= 4 is 17.0 Å². The van der Waals surface area contributed by atoms with Gasteiger partial charge in [0.15, 0.2) is 0 Å². The number of H-pyrrole nitrogens is 2. The van der Waals surface area contributed by atoms with E-state index in [4.69, 9.17) is 5.11 Å². The van der Waals surface area contributed by atoms with Gasteiger partial charge < -0.3 is 5.11 Å². The Morgan fingerprint density at radius 2 is 2.27 bits per heavy atom. The van der Waals surface area contributed by atoms with Crippen LogP contribution in [0.4, 0.5) is 0 Å². The Morgan fingerprint density at radius 3 is 2.93 bits per heavy atom. The Bertz CT molecular complexity index is 634. The Labute approximate surface area is 81.2 Å². The lowest BCUT2D eigenvalue weighted by Gasteiger charge is -2.01. The normalized spacial score (nSPS) is 10.7. The highest BCUT2D eigenvalue weighted by atomic mass is 16.4. The molecule has 0 atom stereocenters. The molecule has 0 radical (unpaired) electrons. The average Bonchev–Trinajstić information content (AvgIpc) is 2.60. The first-order chi connectivity index (χ1) is 7.09. The Balaban J connectivity index is 2.82. The van der Waals surface area contributed by atoms with Crippen LogP contribution in [0.5, 0.6) is 0 Å². The second-order valence-electron chi connectivity index (χ2n) is 2.87. The van der Waals surface area contributed by atoms with Crippen molar-refractivity contribution in [2.24, 2.45) is 0 Å². The molecular weight excluding hydrogens is 204 g/mol. The molecule has 2 rings (SSSR count). The molecule has 0 bridgehead atoms. The number of carboxylic acids is 1. The van der Waals surface area contributed by atoms with E-state index in [9.17, 15) is 14.4 Å². The summed E-state index contributed by atoms with van der Waals surface area (Å²) in [5.41, 5.74) is -1.27. The van der Waals surface area contributed by atoms with Gasteiger partial charge in [-0.05, 0) is 0 Å². The second-order valence-corrected chi connectivity index (χ2v) is 2.87. The van der Waals surface area contributed by atoms with Gasteiger partial charge in [0.25, 0.3) is 5.56 Å². The monoisotopic (exact) mass is 210 g/mol. The summed E-state index contributed by atoms with van der Waals surface area (Å²) in [7, 11) is 0. The van der Waals surface area contributed by atoms with E-state index in [1.54, 1.807) is 0 Å². The molecule has 8 heteroatoms. The number of carboxylic acid groups (broad SMARTS) is 1. The number of aromatic nitrogens is 4. The number of nitrogens with zero attached hydrogens (tertiary/aromatic N) is 2. The Kier molecular flexibility index (Phi) is 1.89. The number of rotatable bonds is 2. The third kappa shape index (κ3) is 1.41. The van der Waals surface area contributed by atoms with Gasteiger partial charge in [0.05, 0.1) is 6.20 Å². The minimum absolute atomic E-state index is 0.103. The largest absolute Gasteiger partial charge is 0.480 e. The van der Waals surface area contributed by atoms with Crippen LogP contribution in [0.15, 0.2) is 15.8 Å². The summed E-state index contributed by atoms with van der Waals surface area (Å²) in [4.78, 5) is 35.0. The van der Waals surface area contributed by atoms with Crippen molar-refractivity contribution in [3.05, 3.63) is 27.0 Å². The van der Waals surface area contributed by atoms with Crippen LogP contribution in [0, 0.1) is 0 Å². The summed E-state index contributed by atoms with van der Waals surface area (Å²) in [6.07, 6.45) is 1.23. The van der Waals surface area contributed by atoms with Crippen LogP contribution in [0.2, 0.25) is 0 Å². The maximum Gasteiger partial charge on any atom is 0.330 e. The lowest BCUT2D eigenvalue weighted by molar-refractivity contribution is -0.137. The van der Waals surface area contributed by atoms with Crippen LogP contribution in [0.3, 0.4) is 0 Å². The van der Waals surface area contributed by atoms with Crippen molar-refractivity contribution in [2.45, 2.75) is 6.54 Å². The Morgan fingerprint density at radius 1 is 1.53 bits per heavy atom. The number of carbonyl (C=O) groups is 1. The molecule has 0 fully saturated rings. The number of hydrogen-bond donors (Lipinski definition) is 3. The van der Waals surface area contributed by atoms with Gasteiger partial charge >= 0.3 is 11.7 Å². The van der Waals surface area contributed by atoms with Gasteiger partial charge in [-0.25, -0.2) is 4.79 Å². The summed E-state index contributed by atoms with van der Waals surface area (Å²) in [6.45, 7) is -0.533. The number of aliphatic carboxylic acids is 1. The van der Waals surface area contributed by atoms with Crippen LogP contribution in [-0.2, 0) is 11.3 Å². The zero-order chi connectivity index (χ0) is 11.0. The molecule has 0 aliphatic carbocycles. The van der Waals surface area contributed by atoms with E-state index in [-0.39, 0.29) is 11.0 Å². The first-order valence-electron chi connectivity index (χ1n) is 3.97. The van der Waals surface area contributed by atoms with Gasteiger partial charge in [0.1, 0.15) is 17.6 Å². The third-order valence-electron chi connectivity index (χ3n) is 1.89. The molecule has 3 N–H and O–H groups in total.